The molecule has 1 N–H and O–H groups in total. The highest BCUT2D eigenvalue weighted by atomic mass is 32.2. The van der Waals surface area contributed by atoms with Gasteiger partial charge >= 0.3 is 0 Å². The highest BCUT2D eigenvalue weighted by Crippen LogP contribution is 2.26. The molecule has 4 nitrogen and oxygen atoms in total. The van der Waals surface area contributed by atoms with Crippen LogP contribution in [0.5, 0.6) is 0 Å². The predicted octanol–water partition coefficient (Wildman–Crippen LogP) is 5.01. The maximum absolute atomic E-state index is 12.2. The van der Waals surface area contributed by atoms with Gasteiger partial charge in [-0.2, -0.15) is 0 Å². The van der Waals surface area contributed by atoms with Crippen molar-refractivity contribution in [3.8, 4) is 11.5 Å². The van der Waals surface area contributed by atoms with Crippen LogP contribution in [0.3, 0.4) is 0 Å². The van der Waals surface area contributed by atoms with Gasteiger partial charge < -0.3 is 9.73 Å². The van der Waals surface area contributed by atoms with Crippen LogP contribution in [0, 0.1) is 6.92 Å². The molecule has 5 heteroatoms. The summed E-state index contributed by atoms with van der Waals surface area (Å²) in [7, 11) is 0. The molecule has 3 aromatic rings. The number of thioether (sulfide) groups is 1. The SMILES string of the molecule is Cc1oc(-c2ccccc2)nc1CSCC(=O)Nc1ccc2c(c1)CCC2. The van der Waals surface area contributed by atoms with Gasteiger partial charge in [0.25, 0.3) is 0 Å². The zero-order valence-electron chi connectivity index (χ0n) is 15.3. The summed E-state index contributed by atoms with van der Waals surface area (Å²) in [6, 6.07) is 16.1. The molecular weight excluding hydrogens is 356 g/mol. The predicted molar refractivity (Wildman–Crippen MR) is 110 cm³/mol. The molecule has 1 amide bonds. The smallest absolute Gasteiger partial charge is 0.234 e. The summed E-state index contributed by atoms with van der Waals surface area (Å²) in [6.07, 6.45) is 3.48. The van der Waals surface area contributed by atoms with Crippen LogP contribution in [-0.2, 0) is 23.4 Å². The molecular formula is C22H22N2O2S. The third-order valence-electron chi connectivity index (χ3n) is 4.77. The van der Waals surface area contributed by atoms with Crippen LogP contribution >= 0.6 is 11.8 Å². The molecule has 0 bridgehead atoms. The Labute approximate surface area is 163 Å². The molecule has 0 fully saturated rings. The van der Waals surface area contributed by atoms with Crippen molar-refractivity contribution in [1.82, 2.24) is 4.98 Å². The van der Waals surface area contributed by atoms with Crippen molar-refractivity contribution in [2.45, 2.75) is 31.9 Å². The second-order valence-corrected chi connectivity index (χ2v) is 7.75. The fraction of sp³-hybridized carbons (Fsp3) is 0.273. The molecule has 0 spiro atoms. The van der Waals surface area contributed by atoms with Gasteiger partial charge in [0.2, 0.25) is 11.8 Å². The molecule has 1 aliphatic carbocycles. The minimum atomic E-state index is 0.0161. The quantitative estimate of drug-likeness (QED) is 0.655. The van der Waals surface area contributed by atoms with Crippen molar-refractivity contribution in [2.75, 3.05) is 11.1 Å². The molecule has 138 valence electrons. The number of oxazole rings is 1. The molecule has 0 atom stereocenters. The molecule has 1 aliphatic rings. The van der Waals surface area contributed by atoms with Crippen LogP contribution < -0.4 is 5.32 Å². The van der Waals surface area contributed by atoms with Crippen molar-refractivity contribution < 1.29 is 9.21 Å². The number of hydrogen-bond donors (Lipinski definition) is 1. The lowest BCUT2D eigenvalue weighted by Crippen LogP contribution is -2.14. The number of aryl methyl sites for hydroxylation is 3. The number of anilines is 1. The molecule has 4 rings (SSSR count). The van der Waals surface area contributed by atoms with Gasteiger partial charge in [0.1, 0.15) is 5.76 Å². The average Bonchev–Trinajstić information content (AvgIpc) is 3.29. The van der Waals surface area contributed by atoms with E-state index in [2.05, 4.69) is 22.4 Å². The van der Waals surface area contributed by atoms with E-state index in [0.717, 1.165) is 35.5 Å². The minimum absolute atomic E-state index is 0.0161. The summed E-state index contributed by atoms with van der Waals surface area (Å²) in [6.45, 7) is 1.92. The van der Waals surface area contributed by atoms with Crippen LogP contribution in [0.2, 0.25) is 0 Å². The van der Waals surface area contributed by atoms with Gasteiger partial charge in [-0.15, -0.1) is 11.8 Å². The first-order valence-corrected chi connectivity index (χ1v) is 10.4. The van der Waals surface area contributed by atoms with Gasteiger partial charge in [-0.3, -0.25) is 4.79 Å². The van der Waals surface area contributed by atoms with Gasteiger partial charge in [0, 0.05) is 17.0 Å². The Morgan fingerprint density at radius 2 is 1.96 bits per heavy atom. The lowest BCUT2D eigenvalue weighted by Gasteiger charge is -2.07. The number of fused-ring (bicyclic) bond motifs is 1. The summed E-state index contributed by atoms with van der Waals surface area (Å²) in [5, 5.41) is 3.00. The molecule has 2 aromatic carbocycles. The van der Waals surface area contributed by atoms with E-state index in [9.17, 15) is 4.79 Å². The number of hydrogen-bond acceptors (Lipinski definition) is 4. The van der Waals surface area contributed by atoms with E-state index < -0.39 is 0 Å². The minimum Gasteiger partial charge on any atom is -0.441 e. The second-order valence-electron chi connectivity index (χ2n) is 6.77. The van der Waals surface area contributed by atoms with Gasteiger partial charge in [-0.05, 0) is 61.6 Å². The van der Waals surface area contributed by atoms with Gasteiger partial charge in [0.05, 0.1) is 11.4 Å². The first-order chi connectivity index (χ1) is 13.2. The van der Waals surface area contributed by atoms with Crippen LogP contribution in [0.4, 0.5) is 5.69 Å². The van der Waals surface area contributed by atoms with E-state index >= 15 is 0 Å². The Morgan fingerprint density at radius 1 is 1.15 bits per heavy atom. The molecule has 0 saturated heterocycles. The number of carbonyl (C=O) groups is 1. The summed E-state index contributed by atoms with van der Waals surface area (Å²) in [4.78, 5) is 16.8. The average molecular weight is 378 g/mol. The van der Waals surface area contributed by atoms with E-state index in [1.54, 1.807) is 11.8 Å². The van der Waals surface area contributed by atoms with E-state index in [1.807, 2.05) is 43.3 Å². The van der Waals surface area contributed by atoms with Crippen molar-refractivity contribution in [1.29, 1.82) is 0 Å². The number of nitrogens with zero attached hydrogens (tertiary/aromatic N) is 1. The third kappa shape index (κ3) is 4.25. The zero-order chi connectivity index (χ0) is 18.6. The number of aromatic nitrogens is 1. The number of benzene rings is 2. The lowest BCUT2D eigenvalue weighted by molar-refractivity contribution is -0.113. The third-order valence-corrected chi connectivity index (χ3v) is 5.71. The fourth-order valence-electron chi connectivity index (χ4n) is 3.35. The molecule has 0 radical (unpaired) electrons. The Balaban J connectivity index is 1.31. The first-order valence-electron chi connectivity index (χ1n) is 9.20. The molecule has 0 saturated carbocycles. The first kappa shape index (κ1) is 17.9. The maximum atomic E-state index is 12.2. The topological polar surface area (TPSA) is 55.1 Å². The van der Waals surface area contributed by atoms with Gasteiger partial charge in [0.15, 0.2) is 0 Å². The summed E-state index contributed by atoms with van der Waals surface area (Å²) in [5.74, 6) is 2.50. The number of carbonyl (C=O) groups excluding carboxylic acids is 1. The van der Waals surface area contributed by atoms with E-state index in [0.29, 0.717) is 17.4 Å². The highest BCUT2D eigenvalue weighted by molar-refractivity contribution is 7.99. The largest absolute Gasteiger partial charge is 0.441 e. The van der Waals surface area contributed by atoms with Crippen LogP contribution in [-0.4, -0.2) is 16.6 Å². The summed E-state index contributed by atoms with van der Waals surface area (Å²) >= 11 is 1.55. The molecule has 1 heterocycles. The van der Waals surface area contributed by atoms with Crippen molar-refractivity contribution >= 4 is 23.4 Å². The summed E-state index contributed by atoms with van der Waals surface area (Å²) in [5.41, 5.74) is 5.53. The highest BCUT2D eigenvalue weighted by Gasteiger charge is 2.14. The zero-order valence-corrected chi connectivity index (χ0v) is 16.1. The number of rotatable bonds is 6. The van der Waals surface area contributed by atoms with E-state index in [4.69, 9.17) is 4.42 Å². The monoisotopic (exact) mass is 378 g/mol. The Kier molecular flexibility index (Phi) is 5.30. The molecule has 0 unspecified atom stereocenters. The standard InChI is InChI=1S/C22H22N2O2S/c1-15-20(24-22(26-15)17-6-3-2-4-7-17)13-27-14-21(25)23-19-11-10-16-8-5-9-18(16)12-19/h2-4,6-7,10-12H,5,8-9,13-14H2,1H3,(H,23,25). The van der Waals surface area contributed by atoms with Crippen LogP contribution in [0.15, 0.2) is 52.9 Å². The van der Waals surface area contributed by atoms with Gasteiger partial charge in [-0.25, -0.2) is 4.98 Å². The molecule has 1 aromatic heterocycles. The number of amides is 1. The van der Waals surface area contributed by atoms with Crippen molar-refractivity contribution in [3.63, 3.8) is 0 Å². The van der Waals surface area contributed by atoms with Gasteiger partial charge in [-0.1, -0.05) is 24.3 Å². The van der Waals surface area contributed by atoms with Crippen molar-refractivity contribution in [2.24, 2.45) is 0 Å². The number of nitrogens with one attached hydrogen (secondary N) is 1. The maximum Gasteiger partial charge on any atom is 0.234 e. The molecule has 27 heavy (non-hydrogen) atoms. The normalized spacial score (nSPS) is 12.8. The second kappa shape index (κ2) is 8.01. The molecule has 0 aliphatic heterocycles. The Hall–Kier alpha value is -2.53. The van der Waals surface area contributed by atoms with Crippen molar-refractivity contribution in [3.05, 3.63) is 71.1 Å². The lowest BCUT2D eigenvalue weighted by atomic mass is 10.1. The van der Waals surface area contributed by atoms with E-state index in [-0.39, 0.29) is 5.91 Å². The van der Waals surface area contributed by atoms with E-state index in [1.165, 1.54) is 17.5 Å². The Bertz CT molecular complexity index is 950. The Morgan fingerprint density at radius 3 is 2.81 bits per heavy atom. The van der Waals surface area contributed by atoms with Crippen LogP contribution in [0.25, 0.3) is 11.5 Å². The van der Waals surface area contributed by atoms with Crippen LogP contribution in [0.1, 0.15) is 29.0 Å². The fourth-order valence-corrected chi connectivity index (χ4v) is 4.17. The summed E-state index contributed by atoms with van der Waals surface area (Å²) < 4.78 is 5.77.